The highest BCUT2D eigenvalue weighted by molar-refractivity contribution is 6.84. The van der Waals surface area contributed by atoms with Gasteiger partial charge in [-0.05, 0) is 24.3 Å². The van der Waals surface area contributed by atoms with Crippen LogP contribution in [0, 0.1) is 0 Å². The highest BCUT2D eigenvalue weighted by Gasteiger charge is 2.12. The summed E-state index contributed by atoms with van der Waals surface area (Å²) < 4.78 is 10.3. The van der Waals surface area contributed by atoms with Gasteiger partial charge in [0, 0.05) is 0 Å². The molecule has 18 heavy (non-hydrogen) atoms. The summed E-state index contributed by atoms with van der Waals surface area (Å²) in [6.07, 6.45) is 0. The average molecular weight is 240 g/mol. The second kappa shape index (κ2) is 5.63. The molecule has 2 nitrogen and oxygen atoms in total. The van der Waals surface area contributed by atoms with Gasteiger partial charge in [-0.25, -0.2) is 0 Å². The van der Waals surface area contributed by atoms with E-state index in [-0.39, 0.29) is 0 Å². The van der Waals surface area contributed by atoms with E-state index in [1.165, 1.54) is 10.9 Å². The van der Waals surface area contributed by atoms with Crippen molar-refractivity contribution in [3.8, 4) is 11.5 Å². The Balaban J connectivity index is 2.20. The molecule has 0 aliphatic carbocycles. The lowest BCUT2D eigenvalue weighted by Gasteiger charge is -2.10. The summed E-state index contributed by atoms with van der Waals surface area (Å²) in [7, 11) is 3.36. The van der Waals surface area contributed by atoms with Crippen molar-refractivity contribution in [1.82, 2.24) is 0 Å². The van der Waals surface area contributed by atoms with Gasteiger partial charge < -0.3 is 9.47 Å². The summed E-state index contributed by atoms with van der Waals surface area (Å²) in [5.41, 5.74) is 2.56. The molecule has 2 aromatic carbocycles. The molecule has 0 heterocycles. The molecule has 0 spiro atoms. The van der Waals surface area contributed by atoms with E-state index in [1.807, 2.05) is 24.3 Å². The van der Waals surface area contributed by atoms with E-state index in [1.54, 1.807) is 14.2 Å². The van der Waals surface area contributed by atoms with Crippen molar-refractivity contribution in [2.45, 2.75) is 6.82 Å². The van der Waals surface area contributed by atoms with Crippen molar-refractivity contribution in [2.75, 3.05) is 14.2 Å². The van der Waals surface area contributed by atoms with Crippen LogP contribution in [0.5, 0.6) is 11.5 Å². The molecule has 0 aromatic heterocycles. The Kier molecular flexibility index (Phi) is 3.93. The molecule has 0 atom stereocenters. The molecule has 0 radical (unpaired) electrons. The normalized spacial score (nSPS) is 9.94. The second-order valence-corrected chi connectivity index (χ2v) is 4.27. The smallest absolute Gasteiger partial charge is 0.206 e. The summed E-state index contributed by atoms with van der Waals surface area (Å²) in [5.74, 6) is 1.78. The van der Waals surface area contributed by atoms with E-state index < -0.39 is 0 Å². The highest BCUT2D eigenvalue weighted by Crippen LogP contribution is 2.08. The average Bonchev–Trinajstić information content (AvgIpc) is 2.47. The molecule has 2 rings (SSSR count). The third-order valence-corrected chi connectivity index (χ3v) is 3.23. The molecule has 0 fully saturated rings. The second-order valence-electron chi connectivity index (χ2n) is 4.27. The predicted molar refractivity (Wildman–Crippen MR) is 76.9 cm³/mol. The Morgan fingerprint density at radius 3 is 1.28 bits per heavy atom. The molecule has 0 saturated heterocycles. The van der Waals surface area contributed by atoms with E-state index in [9.17, 15) is 0 Å². The maximum Gasteiger partial charge on any atom is 0.206 e. The first kappa shape index (κ1) is 12.6. The van der Waals surface area contributed by atoms with Crippen LogP contribution in [0.1, 0.15) is 0 Å². The number of benzene rings is 2. The maximum atomic E-state index is 5.17. The van der Waals surface area contributed by atoms with Gasteiger partial charge in [0.2, 0.25) is 6.71 Å². The largest absolute Gasteiger partial charge is 0.497 e. The molecule has 0 aliphatic rings. The van der Waals surface area contributed by atoms with Crippen LogP contribution in [0.4, 0.5) is 0 Å². The van der Waals surface area contributed by atoms with Gasteiger partial charge in [-0.3, -0.25) is 0 Å². The molecule has 3 heteroatoms. The molecule has 2 aromatic rings. The van der Waals surface area contributed by atoms with E-state index in [0.29, 0.717) is 6.71 Å². The molecule has 0 saturated carbocycles. The van der Waals surface area contributed by atoms with Gasteiger partial charge in [0.05, 0.1) is 14.2 Å². The van der Waals surface area contributed by atoms with Crippen LogP contribution in [-0.4, -0.2) is 20.9 Å². The number of hydrogen-bond donors (Lipinski definition) is 0. The minimum absolute atomic E-state index is 0.363. The predicted octanol–water partition coefficient (Wildman–Crippen LogP) is 1.94. The van der Waals surface area contributed by atoms with Crippen molar-refractivity contribution >= 4 is 17.6 Å². The zero-order valence-corrected chi connectivity index (χ0v) is 11.0. The third-order valence-electron chi connectivity index (χ3n) is 3.23. The standard InChI is InChI=1S/C15H17BO2/c1-16(12-4-8-14(17-2)9-5-12)13-6-10-15(18-3)11-7-13/h4-11H,1-3H3. The fourth-order valence-corrected chi connectivity index (χ4v) is 1.98. The Morgan fingerprint density at radius 2 is 1.00 bits per heavy atom. The summed E-state index contributed by atoms with van der Waals surface area (Å²) in [5, 5.41) is 0. The number of rotatable bonds is 4. The van der Waals surface area contributed by atoms with Crippen molar-refractivity contribution in [2.24, 2.45) is 0 Å². The highest BCUT2D eigenvalue weighted by atomic mass is 16.5. The lowest BCUT2D eigenvalue weighted by molar-refractivity contribution is 0.415. The number of ether oxygens (including phenoxy) is 2. The lowest BCUT2D eigenvalue weighted by atomic mass is 9.42. The van der Waals surface area contributed by atoms with Crippen LogP contribution in [0.3, 0.4) is 0 Å². The Hall–Kier alpha value is -1.90. The summed E-state index contributed by atoms with van der Waals surface area (Å²) >= 11 is 0. The molecule has 0 bridgehead atoms. The van der Waals surface area contributed by atoms with Gasteiger partial charge in [-0.2, -0.15) is 0 Å². The summed E-state index contributed by atoms with van der Waals surface area (Å²) in [6, 6.07) is 16.4. The van der Waals surface area contributed by atoms with E-state index in [4.69, 9.17) is 9.47 Å². The molecule has 92 valence electrons. The first-order valence-corrected chi connectivity index (χ1v) is 6.02. The van der Waals surface area contributed by atoms with Crippen LogP contribution in [0.15, 0.2) is 48.5 Å². The van der Waals surface area contributed by atoms with E-state index in [0.717, 1.165) is 11.5 Å². The van der Waals surface area contributed by atoms with Crippen molar-refractivity contribution < 1.29 is 9.47 Å². The lowest BCUT2D eigenvalue weighted by Crippen LogP contribution is -2.38. The summed E-state index contributed by atoms with van der Waals surface area (Å²) in [4.78, 5) is 0. The van der Waals surface area contributed by atoms with Crippen LogP contribution < -0.4 is 20.4 Å². The van der Waals surface area contributed by atoms with Crippen LogP contribution in [-0.2, 0) is 0 Å². The van der Waals surface area contributed by atoms with Crippen LogP contribution in [0.2, 0.25) is 6.82 Å². The fourth-order valence-electron chi connectivity index (χ4n) is 1.98. The molecular weight excluding hydrogens is 223 g/mol. The Bertz CT molecular complexity index is 443. The van der Waals surface area contributed by atoms with Crippen LogP contribution >= 0.6 is 0 Å². The molecule has 0 N–H and O–H groups in total. The number of hydrogen-bond acceptors (Lipinski definition) is 2. The van der Waals surface area contributed by atoms with Crippen molar-refractivity contribution in [3.63, 3.8) is 0 Å². The first-order valence-electron chi connectivity index (χ1n) is 6.02. The fraction of sp³-hybridized carbons (Fsp3) is 0.200. The zero-order chi connectivity index (χ0) is 13.0. The minimum atomic E-state index is 0.363. The molecule has 0 amide bonds. The van der Waals surface area contributed by atoms with E-state index in [2.05, 4.69) is 31.1 Å². The van der Waals surface area contributed by atoms with Gasteiger partial charge in [0.25, 0.3) is 0 Å². The van der Waals surface area contributed by atoms with Crippen molar-refractivity contribution in [1.29, 1.82) is 0 Å². The van der Waals surface area contributed by atoms with Gasteiger partial charge >= 0.3 is 0 Å². The van der Waals surface area contributed by atoms with Gasteiger partial charge in [0.1, 0.15) is 11.5 Å². The molecular formula is C15H17BO2. The monoisotopic (exact) mass is 240 g/mol. The van der Waals surface area contributed by atoms with Gasteiger partial charge in [-0.1, -0.05) is 42.0 Å². The van der Waals surface area contributed by atoms with Crippen LogP contribution in [0.25, 0.3) is 0 Å². The molecule has 0 unspecified atom stereocenters. The minimum Gasteiger partial charge on any atom is -0.497 e. The van der Waals surface area contributed by atoms with Gasteiger partial charge in [-0.15, -0.1) is 0 Å². The summed E-state index contributed by atoms with van der Waals surface area (Å²) in [6.45, 7) is 2.56. The SMILES string of the molecule is COc1ccc(B(C)c2ccc(OC)cc2)cc1. The molecule has 0 aliphatic heterocycles. The Labute approximate surface area is 109 Å². The van der Waals surface area contributed by atoms with E-state index >= 15 is 0 Å². The topological polar surface area (TPSA) is 18.5 Å². The van der Waals surface area contributed by atoms with Gasteiger partial charge in [0.15, 0.2) is 0 Å². The third kappa shape index (κ3) is 2.67. The first-order chi connectivity index (χ1) is 8.74. The number of methoxy groups -OCH3 is 2. The van der Waals surface area contributed by atoms with Crippen molar-refractivity contribution in [3.05, 3.63) is 48.5 Å². The quantitative estimate of drug-likeness (QED) is 0.760. The maximum absolute atomic E-state index is 5.17. The zero-order valence-electron chi connectivity index (χ0n) is 11.0. The Morgan fingerprint density at radius 1 is 0.667 bits per heavy atom.